The largest absolute Gasteiger partial charge is 0.390 e. The van der Waals surface area contributed by atoms with Gasteiger partial charge in [0, 0.05) is 18.5 Å². The third-order valence-electron chi connectivity index (χ3n) is 1.77. The normalized spacial score (nSPS) is 18.3. The maximum Gasteiger partial charge on any atom is 0.0792 e. The van der Waals surface area contributed by atoms with Gasteiger partial charge in [-0.15, -0.1) is 0 Å². The molecule has 0 fully saturated rings. The third kappa shape index (κ3) is 0.969. The van der Waals surface area contributed by atoms with Gasteiger partial charge in [-0.05, 0) is 19.4 Å². The lowest BCUT2D eigenvalue weighted by Gasteiger charge is -1.99. The van der Waals surface area contributed by atoms with Gasteiger partial charge in [0.1, 0.15) is 0 Å². The molecule has 0 aromatic rings. The van der Waals surface area contributed by atoms with E-state index in [9.17, 15) is 0 Å². The van der Waals surface area contributed by atoms with Gasteiger partial charge in [-0.2, -0.15) is 0 Å². The molecule has 0 aliphatic carbocycles. The molecule has 0 amide bonds. The van der Waals surface area contributed by atoms with Crippen molar-refractivity contribution in [3.05, 3.63) is 11.3 Å². The van der Waals surface area contributed by atoms with Crippen LogP contribution in [0.25, 0.3) is 0 Å². The molecule has 1 N–H and O–H groups in total. The van der Waals surface area contributed by atoms with Gasteiger partial charge in [0.2, 0.25) is 0 Å². The van der Waals surface area contributed by atoms with Crippen LogP contribution < -0.4 is 5.32 Å². The van der Waals surface area contributed by atoms with Gasteiger partial charge in [-0.1, -0.05) is 0 Å². The smallest absolute Gasteiger partial charge is 0.0792 e. The van der Waals surface area contributed by atoms with Crippen molar-refractivity contribution in [3.8, 4) is 0 Å². The van der Waals surface area contributed by atoms with Gasteiger partial charge in [0.25, 0.3) is 0 Å². The molecule has 9 heavy (non-hydrogen) atoms. The van der Waals surface area contributed by atoms with Crippen LogP contribution in [0.1, 0.15) is 13.8 Å². The van der Waals surface area contributed by atoms with Crippen molar-refractivity contribution in [1.29, 1.82) is 0 Å². The maximum absolute atomic E-state index is 4.25. The number of allylic oxidation sites excluding steroid dienone is 1. The van der Waals surface area contributed by atoms with E-state index in [1.165, 1.54) is 17.0 Å². The number of hydrogen-bond donors (Lipinski definition) is 1. The summed E-state index contributed by atoms with van der Waals surface area (Å²) in [4.78, 5) is 4.25. The zero-order valence-electron chi connectivity index (χ0n) is 6.15. The first kappa shape index (κ1) is 6.33. The fourth-order valence-corrected chi connectivity index (χ4v) is 0.920. The Morgan fingerprint density at radius 3 is 2.33 bits per heavy atom. The number of aliphatic imine (C=N–C) groups is 1. The second-order valence-corrected chi connectivity index (χ2v) is 2.26. The first-order valence-electron chi connectivity index (χ1n) is 3.14. The van der Waals surface area contributed by atoms with Gasteiger partial charge in [-0.25, -0.2) is 0 Å². The molecule has 2 nitrogen and oxygen atoms in total. The predicted octanol–water partition coefficient (Wildman–Crippen LogP) is 0.954. The summed E-state index contributed by atoms with van der Waals surface area (Å²) in [5.74, 6) is 0. The number of likely N-dealkylation sites (N-methyl/N-ethyl adjacent to an activating group) is 1. The molecular formula is C7H12N2. The molecule has 0 aromatic carbocycles. The van der Waals surface area contributed by atoms with Crippen molar-refractivity contribution >= 4 is 5.71 Å². The zero-order valence-corrected chi connectivity index (χ0v) is 6.15. The molecular weight excluding hydrogens is 112 g/mol. The van der Waals surface area contributed by atoms with Crippen LogP contribution >= 0.6 is 0 Å². The van der Waals surface area contributed by atoms with Crippen LogP contribution in [0.3, 0.4) is 0 Å². The molecule has 50 valence electrons. The molecule has 0 radical (unpaired) electrons. The first-order valence-corrected chi connectivity index (χ1v) is 3.14. The summed E-state index contributed by atoms with van der Waals surface area (Å²) in [6.45, 7) is 4.98. The second-order valence-electron chi connectivity index (χ2n) is 2.26. The Kier molecular flexibility index (Phi) is 1.56. The highest BCUT2D eigenvalue weighted by atomic mass is 14.9. The molecule has 0 atom stereocenters. The van der Waals surface area contributed by atoms with Gasteiger partial charge < -0.3 is 5.32 Å². The third-order valence-corrected chi connectivity index (χ3v) is 1.77. The highest BCUT2D eigenvalue weighted by Crippen LogP contribution is 2.10. The number of hydrogen-bond acceptors (Lipinski definition) is 2. The van der Waals surface area contributed by atoms with E-state index in [0.29, 0.717) is 0 Å². The Labute approximate surface area is 55.7 Å². The minimum absolute atomic E-state index is 0.841. The van der Waals surface area contributed by atoms with E-state index < -0.39 is 0 Å². The summed E-state index contributed by atoms with van der Waals surface area (Å²) in [5.41, 5.74) is 3.73. The van der Waals surface area contributed by atoms with E-state index in [1.807, 2.05) is 14.0 Å². The summed E-state index contributed by atoms with van der Waals surface area (Å²) in [7, 11) is 1.94. The Morgan fingerprint density at radius 2 is 2.11 bits per heavy atom. The average Bonchev–Trinajstić information content (AvgIpc) is 2.15. The van der Waals surface area contributed by atoms with Crippen molar-refractivity contribution in [2.24, 2.45) is 4.99 Å². The van der Waals surface area contributed by atoms with Crippen LogP contribution in [0.15, 0.2) is 16.3 Å². The monoisotopic (exact) mass is 124 g/mol. The van der Waals surface area contributed by atoms with Crippen LogP contribution in [0.2, 0.25) is 0 Å². The molecule has 0 saturated carbocycles. The van der Waals surface area contributed by atoms with Gasteiger partial charge in [-0.3, -0.25) is 4.99 Å². The Hall–Kier alpha value is -0.790. The minimum atomic E-state index is 0.841. The maximum atomic E-state index is 4.25. The summed E-state index contributed by atoms with van der Waals surface area (Å²) in [5, 5.41) is 3.11. The molecule has 1 heterocycles. The Bertz CT molecular complexity index is 177. The molecule has 1 aliphatic heterocycles. The van der Waals surface area contributed by atoms with Crippen LogP contribution in [0.4, 0.5) is 0 Å². The molecule has 0 spiro atoms. The molecule has 0 bridgehead atoms. The van der Waals surface area contributed by atoms with E-state index in [-0.39, 0.29) is 0 Å². The van der Waals surface area contributed by atoms with Crippen molar-refractivity contribution in [2.45, 2.75) is 13.8 Å². The standard InChI is InChI=1S/C7H12N2/c1-5-6(2)9-4-7(5)8-3/h8H,4H2,1-3H3. The molecule has 0 aromatic heterocycles. The van der Waals surface area contributed by atoms with E-state index in [0.717, 1.165) is 6.54 Å². The molecule has 2 heteroatoms. The predicted molar refractivity (Wildman–Crippen MR) is 39.7 cm³/mol. The summed E-state index contributed by atoms with van der Waals surface area (Å²) >= 11 is 0. The lowest BCUT2D eigenvalue weighted by atomic mass is 10.2. The van der Waals surface area contributed by atoms with Crippen LogP contribution in [0, 0.1) is 0 Å². The average molecular weight is 124 g/mol. The van der Waals surface area contributed by atoms with Crippen LogP contribution in [-0.4, -0.2) is 19.3 Å². The van der Waals surface area contributed by atoms with Crippen molar-refractivity contribution in [1.82, 2.24) is 5.32 Å². The molecule has 1 aliphatic rings. The van der Waals surface area contributed by atoms with Crippen LogP contribution in [0.5, 0.6) is 0 Å². The fourth-order valence-electron chi connectivity index (χ4n) is 0.920. The van der Waals surface area contributed by atoms with Crippen molar-refractivity contribution in [2.75, 3.05) is 13.6 Å². The number of nitrogens with zero attached hydrogens (tertiary/aromatic N) is 1. The second kappa shape index (κ2) is 2.21. The van der Waals surface area contributed by atoms with Crippen molar-refractivity contribution < 1.29 is 0 Å². The minimum Gasteiger partial charge on any atom is -0.390 e. The molecule has 0 unspecified atom stereocenters. The van der Waals surface area contributed by atoms with E-state index in [1.54, 1.807) is 0 Å². The number of rotatable bonds is 1. The highest BCUT2D eigenvalue weighted by Gasteiger charge is 2.08. The number of nitrogens with one attached hydrogen (secondary N) is 1. The summed E-state index contributed by atoms with van der Waals surface area (Å²) in [6, 6.07) is 0. The van der Waals surface area contributed by atoms with Crippen LogP contribution in [-0.2, 0) is 0 Å². The Morgan fingerprint density at radius 1 is 1.44 bits per heavy atom. The summed E-state index contributed by atoms with van der Waals surface area (Å²) < 4.78 is 0. The zero-order chi connectivity index (χ0) is 6.85. The first-order chi connectivity index (χ1) is 4.25. The fraction of sp³-hybridized carbons (Fsp3) is 0.571. The summed E-state index contributed by atoms with van der Waals surface area (Å²) in [6.07, 6.45) is 0. The van der Waals surface area contributed by atoms with Gasteiger partial charge in [0.15, 0.2) is 0 Å². The van der Waals surface area contributed by atoms with E-state index >= 15 is 0 Å². The van der Waals surface area contributed by atoms with Crippen molar-refractivity contribution in [3.63, 3.8) is 0 Å². The lowest BCUT2D eigenvalue weighted by molar-refractivity contribution is 0.935. The SMILES string of the molecule is CNC1=C(C)C(C)=NC1. The molecule has 1 rings (SSSR count). The van der Waals surface area contributed by atoms with E-state index in [4.69, 9.17) is 0 Å². The molecule has 0 saturated heterocycles. The topological polar surface area (TPSA) is 24.4 Å². The van der Waals surface area contributed by atoms with Gasteiger partial charge >= 0.3 is 0 Å². The Balaban J connectivity index is 2.79. The van der Waals surface area contributed by atoms with Gasteiger partial charge in [0.05, 0.1) is 6.54 Å². The highest BCUT2D eigenvalue weighted by molar-refractivity contribution is 6.00. The van der Waals surface area contributed by atoms with E-state index in [2.05, 4.69) is 17.2 Å². The quantitative estimate of drug-likeness (QED) is 0.553. The lowest BCUT2D eigenvalue weighted by Crippen LogP contribution is -2.08.